The topological polar surface area (TPSA) is 21.3 Å². The Morgan fingerprint density at radius 1 is 0.275 bits per heavy atom. The summed E-state index contributed by atoms with van der Waals surface area (Å²) in [5, 5.41) is 4.79. The zero-order valence-corrected chi connectivity index (χ0v) is 37.7. The van der Waals surface area contributed by atoms with Gasteiger partial charge in [0.05, 0.1) is 22.4 Å². The highest BCUT2D eigenvalue weighted by Crippen LogP contribution is 2.43. The van der Waals surface area contributed by atoms with Crippen LogP contribution >= 0.6 is 0 Å². The number of furan rings is 1. The molecule has 2 aromatic heterocycles. The first-order chi connectivity index (χ1) is 34.2. The van der Waals surface area contributed by atoms with Crippen molar-refractivity contribution in [3.8, 4) is 61.3 Å². The number of rotatable bonds is 9. The van der Waals surface area contributed by atoms with Gasteiger partial charge in [-0.2, -0.15) is 0 Å². The number of hydrogen-bond donors (Lipinski definition) is 0. The van der Waals surface area contributed by atoms with E-state index < -0.39 is 0 Å². The van der Waals surface area contributed by atoms with Crippen molar-refractivity contribution < 1.29 is 4.42 Å². The molecule has 0 atom stereocenters. The molecular weight excluding hydrogens is 837 g/mol. The van der Waals surface area contributed by atoms with Crippen LogP contribution in [0.25, 0.3) is 105 Å². The summed E-state index contributed by atoms with van der Waals surface area (Å²) in [4.78, 5) is 2.39. The molecule has 324 valence electrons. The van der Waals surface area contributed by atoms with E-state index in [1.807, 2.05) is 12.1 Å². The molecule has 13 aromatic rings. The van der Waals surface area contributed by atoms with E-state index in [1.165, 1.54) is 38.5 Å². The van der Waals surface area contributed by atoms with Crippen LogP contribution in [0.1, 0.15) is 0 Å². The largest absolute Gasteiger partial charge is 0.456 e. The van der Waals surface area contributed by atoms with Crippen LogP contribution in [0.3, 0.4) is 0 Å². The third kappa shape index (κ3) is 7.16. The van der Waals surface area contributed by atoms with Gasteiger partial charge in [0.1, 0.15) is 11.2 Å². The van der Waals surface area contributed by atoms with Gasteiger partial charge in [0, 0.05) is 44.0 Å². The lowest BCUT2D eigenvalue weighted by Crippen LogP contribution is -2.11. The maximum atomic E-state index is 6.22. The predicted molar refractivity (Wildman–Crippen MR) is 290 cm³/mol. The number of aromatic nitrogens is 1. The van der Waals surface area contributed by atoms with Crippen molar-refractivity contribution >= 4 is 60.8 Å². The first-order valence-electron chi connectivity index (χ1n) is 23.6. The summed E-state index contributed by atoms with van der Waals surface area (Å²) in [5.41, 5.74) is 20.2. The molecule has 0 aliphatic carbocycles. The van der Waals surface area contributed by atoms with E-state index in [2.05, 4.69) is 264 Å². The molecule has 0 aliphatic rings. The molecule has 0 bridgehead atoms. The molecule has 0 amide bonds. The number of para-hydroxylation sites is 5. The molecule has 13 rings (SSSR count). The van der Waals surface area contributed by atoms with Crippen molar-refractivity contribution in [2.75, 3.05) is 4.90 Å². The first kappa shape index (κ1) is 40.1. The molecule has 0 saturated carbocycles. The lowest BCUT2D eigenvalue weighted by molar-refractivity contribution is 0.669. The molecule has 3 heteroatoms. The lowest BCUT2D eigenvalue weighted by Gasteiger charge is -2.28. The molecule has 0 fully saturated rings. The monoisotopic (exact) mass is 880 g/mol. The zero-order chi connectivity index (χ0) is 45.7. The van der Waals surface area contributed by atoms with Gasteiger partial charge in [-0.1, -0.05) is 200 Å². The maximum absolute atomic E-state index is 6.22. The van der Waals surface area contributed by atoms with Crippen molar-refractivity contribution in [2.45, 2.75) is 0 Å². The lowest BCUT2D eigenvalue weighted by atomic mass is 9.97. The van der Waals surface area contributed by atoms with Gasteiger partial charge < -0.3 is 13.9 Å². The van der Waals surface area contributed by atoms with Crippen molar-refractivity contribution in [3.63, 3.8) is 0 Å². The van der Waals surface area contributed by atoms with Gasteiger partial charge in [0.15, 0.2) is 0 Å². The Kier molecular flexibility index (Phi) is 9.84. The SMILES string of the molecule is c1ccc(-c2ccc(-c3ccccc3N(c3ccc(-c4ccc(-c5ccc6c(c5)oc5ccccc56)cc4)cc3)c3ccc(-c4ccccc4-n4c5ccccc5c5ccccc54)cc3)cc2)cc1. The van der Waals surface area contributed by atoms with Gasteiger partial charge in [-0.3, -0.25) is 0 Å². The van der Waals surface area contributed by atoms with Gasteiger partial charge in [-0.05, 0) is 111 Å². The number of anilines is 3. The van der Waals surface area contributed by atoms with Gasteiger partial charge in [-0.25, -0.2) is 0 Å². The van der Waals surface area contributed by atoms with Crippen molar-refractivity contribution in [1.29, 1.82) is 0 Å². The van der Waals surface area contributed by atoms with E-state index in [0.717, 1.165) is 83.6 Å². The van der Waals surface area contributed by atoms with E-state index in [1.54, 1.807) is 0 Å². The number of benzene rings is 11. The highest BCUT2D eigenvalue weighted by atomic mass is 16.3. The van der Waals surface area contributed by atoms with Crippen LogP contribution in [0.5, 0.6) is 0 Å². The Morgan fingerprint density at radius 3 is 1.35 bits per heavy atom. The standard InChI is InChI=1S/C66H44N2O/c1-2-14-45(15-3-1)46-30-32-50(33-31-46)55-16-4-9-21-61(55)67(53-39-34-48(35-40-53)47-26-28-49(29-27-47)52-38-43-60-59-20-8-13-25-65(59)69-66(60)44-52)54-41-36-51(37-42-54)56-17-5-10-22-62(56)68-63-23-11-6-18-57(63)58-19-7-12-24-64(58)68/h1-44H. The van der Waals surface area contributed by atoms with Crippen LogP contribution in [0.4, 0.5) is 17.1 Å². The summed E-state index contributed by atoms with van der Waals surface area (Å²) in [7, 11) is 0. The van der Waals surface area contributed by atoms with Gasteiger partial charge in [0.25, 0.3) is 0 Å². The summed E-state index contributed by atoms with van der Waals surface area (Å²) in [6.45, 7) is 0. The predicted octanol–water partition coefficient (Wildman–Crippen LogP) is 18.5. The Bertz CT molecular complexity index is 3920. The number of nitrogens with zero attached hydrogens (tertiary/aromatic N) is 2. The second-order valence-electron chi connectivity index (χ2n) is 17.7. The van der Waals surface area contributed by atoms with Crippen LogP contribution in [-0.4, -0.2) is 4.57 Å². The smallest absolute Gasteiger partial charge is 0.136 e. The highest BCUT2D eigenvalue weighted by Gasteiger charge is 2.20. The number of hydrogen-bond acceptors (Lipinski definition) is 2. The Labute approximate surface area is 401 Å². The third-order valence-electron chi connectivity index (χ3n) is 13.7. The summed E-state index contributed by atoms with van der Waals surface area (Å²) in [6.07, 6.45) is 0. The fraction of sp³-hybridized carbons (Fsp3) is 0. The normalized spacial score (nSPS) is 11.5. The average molecular weight is 881 g/mol. The molecule has 3 nitrogen and oxygen atoms in total. The molecule has 2 heterocycles. The van der Waals surface area contributed by atoms with Gasteiger partial charge >= 0.3 is 0 Å². The van der Waals surface area contributed by atoms with Crippen molar-refractivity contribution in [2.24, 2.45) is 0 Å². The van der Waals surface area contributed by atoms with Crippen LogP contribution in [0.15, 0.2) is 271 Å². The van der Waals surface area contributed by atoms with Crippen LogP contribution in [0, 0.1) is 0 Å². The van der Waals surface area contributed by atoms with Crippen LogP contribution in [-0.2, 0) is 0 Å². The van der Waals surface area contributed by atoms with Crippen molar-refractivity contribution in [1.82, 2.24) is 4.57 Å². The van der Waals surface area contributed by atoms with E-state index in [9.17, 15) is 0 Å². The molecule has 0 spiro atoms. The molecule has 11 aromatic carbocycles. The Hall–Kier alpha value is -9.18. The fourth-order valence-corrected chi connectivity index (χ4v) is 10.3. The van der Waals surface area contributed by atoms with Crippen LogP contribution < -0.4 is 4.90 Å². The third-order valence-corrected chi connectivity index (χ3v) is 13.7. The summed E-state index contributed by atoms with van der Waals surface area (Å²) in [5.74, 6) is 0. The summed E-state index contributed by atoms with van der Waals surface area (Å²) >= 11 is 0. The second kappa shape index (κ2) is 16.9. The van der Waals surface area contributed by atoms with Crippen LogP contribution in [0.2, 0.25) is 0 Å². The highest BCUT2D eigenvalue weighted by molar-refractivity contribution is 6.10. The Balaban J connectivity index is 0.874. The summed E-state index contributed by atoms with van der Waals surface area (Å²) in [6, 6.07) is 96.1. The second-order valence-corrected chi connectivity index (χ2v) is 17.7. The maximum Gasteiger partial charge on any atom is 0.136 e. The molecule has 0 radical (unpaired) electrons. The number of fused-ring (bicyclic) bond motifs is 6. The molecular formula is C66H44N2O. The van der Waals surface area contributed by atoms with Crippen molar-refractivity contribution in [3.05, 3.63) is 267 Å². The fourth-order valence-electron chi connectivity index (χ4n) is 10.3. The zero-order valence-electron chi connectivity index (χ0n) is 37.7. The van der Waals surface area contributed by atoms with Gasteiger partial charge in [0.2, 0.25) is 0 Å². The minimum Gasteiger partial charge on any atom is -0.456 e. The van der Waals surface area contributed by atoms with E-state index >= 15 is 0 Å². The Morgan fingerprint density at radius 2 is 0.696 bits per heavy atom. The summed E-state index contributed by atoms with van der Waals surface area (Å²) < 4.78 is 8.63. The minimum atomic E-state index is 0.905. The molecule has 0 saturated heterocycles. The van der Waals surface area contributed by atoms with Gasteiger partial charge in [-0.15, -0.1) is 0 Å². The molecule has 0 unspecified atom stereocenters. The van der Waals surface area contributed by atoms with E-state index in [-0.39, 0.29) is 0 Å². The molecule has 69 heavy (non-hydrogen) atoms. The minimum absolute atomic E-state index is 0.905. The van der Waals surface area contributed by atoms with E-state index in [4.69, 9.17) is 4.42 Å². The average Bonchev–Trinajstić information content (AvgIpc) is 3.97. The molecule has 0 N–H and O–H groups in total. The first-order valence-corrected chi connectivity index (χ1v) is 23.6. The van der Waals surface area contributed by atoms with E-state index in [0.29, 0.717) is 0 Å². The quantitative estimate of drug-likeness (QED) is 0.144. The molecule has 0 aliphatic heterocycles.